The third kappa shape index (κ3) is 6.07. The lowest BCUT2D eigenvalue weighted by atomic mass is 9.94. The third-order valence-electron chi connectivity index (χ3n) is 4.53. The zero-order valence-electron chi connectivity index (χ0n) is 15.6. The number of ether oxygens (including phenoxy) is 2. The van der Waals surface area contributed by atoms with Gasteiger partial charge >= 0.3 is 6.36 Å². The fraction of sp³-hybridized carbons (Fsp3) is 0.421. The maximum absolute atomic E-state index is 12.6. The van der Waals surface area contributed by atoms with E-state index >= 15 is 0 Å². The lowest BCUT2D eigenvalue weighted by Gasteiger charge is -2.29. The molecule has 0 radical (unpaired) electrons. The Hall–Kier alpha value is -2.33. The summed E-state index contributed by atoms with van der Waals surface area (Å²) in [5.74, 6) is -0.243. The summed E-state index contributed by atoms with van der Waals surface area (Å²) in [6.07, 6.45) is -1.17. The number of para-hydroxylation sites is 1. The minimum absolute atomic E-state index is 0.0909. The maximum Gasteiger partial charge on any atom is 0.573 e. The molecular formula is C19H21F3N2O4S. The highest BCUT2D eigenvalue weighted by molar-refractivity contribution is 7.89. The van der Waals surface area contributed by atoms with Gasteiger partial charge in [-0.25, -0.2) is 18.1 Å². The van der Waals surface area contributed by atoms with Gasteiger partial charge in [0.1, 0.15) is 16.7 Å². The molecule has 1 heterocycles. The van der Waals surface area contributed by atoms with Crippen molar-refractivity contribution in [2.45, 2.75) is 56.0 Å². The standard InChI is InChI=1S/C19H21F3N2O4S/c1-13-6-11-18(23-12-13)27-15-9-7-14(8-10-15)24-29(25,26)17-5-3-2-4-16(17)28-19(20,21)22/h2-6,11-12,14-15,24H,7-10H2,1H3. The fourth-order valence-corrected chi connectivity index (χ4v) is 4.59. The maximum atomic E-state index is 12.6. The molecule has 1 aromatic carbocycles. The van der Waals surface area contributed by atoms with Gasteiger partial charge < -0.3 is 9.47 Å². The Morgan fingerprint density at radius 1 is 1.07 bits per heavy atom. The van der Waals surface area contributed by atoms with E-state index in [0.29, 0.717) is 31.6 Å². The highest BCUT2D eigenvalue weighted by Crippen LogP contribution is 2.30. The number of pyridine rings is 1. The number of alkyl halides is 3. The first-order valence-electron chi connectivity index (χ1n) is 9.09. The smallest absolute Gasteiger partial charge is 0.474 e. The van der Waals surface area contributed by atoms with E-state index in [1.165, 1.54) is 12.1 Å². The van der Waals surface area contributed by atoms with Crippen LogP contribution in [-0.2, 0) is 10.0 Å². The first-order chi connectivity index (χ1) is 13.6. The number of hydrogen-bond donors (Lipinski definition) is 1. The summed E-state index contributed by atoms with van der Waals surface area (Å²) in [7, 11) is -4.17. The van der Waals surface area contributed by atoms with Crippen LogP contribution in [0.25, 0.3) is 0 Å². The van der Waals surface area contributed by atoms with Crippen LogP contribution >= 0.6 is 0 Å². The van der Waals surface area contributed by atoms with Gasteiger partial charge in [0.25, 0.3) is 0 Å². The average Bonchev–Trinajstić information content (AvgIpc) is 2.64. The summed E-state index contributed by atoms with van der Waals surface area (Å²) in [4.78, 5) is 3.65. The monoisotopic (exact) mass is 430 g/mol. The highest BCUT2D eigenvalue weighted by Gasteiger charge is 2.35. The van der Waals surface area contributed by atoms with Crippen LogP contribution in [0, 0.1) is 6.92 Å². The van der Waals surface area contributed by atoms with E-state index in [9.17, 15) is 21.6 Å². The Labute approximate surface area is 167 Å². The largest absolute Gasteiger partial charge is 0.573 e. The van der Waals surface area contributed by atoms with Crippen molar-refractivity contribution in [2.24, 2.45) is 0 Å². The minimum atomic E-state index is -4.98. The molecule has 1 N–H and O–H groups in total. The lowest BCUT2D eigenvalue weighted by molar-refractivity contribution is -0.275. The predicted octanol–water partition coefficient (Wildman–Crippen LogP) is 3.96. The van der Waals surface area contributed by atoms with E-state index in [1.807, 2.05) is 13.0 Å². The summed E-state index contributed by atoms with van der Waals surface area (Å²) < 4.78 is 75.0. The van der Waals surface area contributed by atoms with Gasteiger partial charge in [-0.1, -0.05) is 18.2 Å². The van der Waals surface area contributed by atoms with Crippen LogP contribution in [0.5, 0.6) is 11.6 Å². The van der Waals surface area contributed by atoms with Crippen molar-refractivity contribution >= 4 is 10.0 Å². The number of aryl methyl sites for hydroxylation is 1. The Balaban J connectivity index is 1.60. The molecule has 29 heavy (non-hydrogen) atoms. The molecule has 0 unspecified atom stereocenters. The number of hydrogen-bond acceptors (Lipinski definition) is 5. The normalized spacial score (nSPS) is 20.3. The van der Waals surface area contributed by atoms with E-state index in [4.69, 9.17) is 4.74 Å². The van der Waals surface area contributed by atoms with Crippen molar-refractivity contribution < 1.29 is 31.1 Å². The predicted molar refractivity (Wildman–Crippen MR) is 99.1 cm³/mol. The number of halogens is 3. The first-order valence-corrected chi connectivity index (χ1v) is 10.6. The van der Waals surface area contributed by atoms with E-state index in [1.54, 1.807) is 12.3 Å². The summed E-state index contributed by atoms with van der Waals surface area (Å²) >= 11 is 0. The average molecular weight is 430 g/mol. The lowest BCUT2D eigenvalue weighted by Crippen LogP contribution is -2.40. The number of aromatic nitrogens is 1. The van der Waals surface area contributed by atoms with Crippen LogP contribution in [0.15, 0.2) is 47.5 Å². The van der Waals surface area contributed by atoms with Crippen LogP contribution in [-0.4, -0.2) is 31.9 Å². The quantitative estimate of drug-likeness (QED) is 0.751. The molecule has 0 spiro atoms. The van der Waals surface area contributed by atoms with Crippen LogP contribution in [0.4, 0.5) is 13.2 Å². The molecule has 6 nitrogen and oxygen atoms in total. The third-order valence-corrected chi connectivity index (χ3v) is 6.09. The zero-order chi connectivity index (χ0) is 21.1. The van der Waals surface area contributed by atoms with Gasteiger partial charge in [0.2, 0.25) is 15.9 Å². The molecule has 158 valence electrons. The van der Waals surface area contributed by atoms with Gasteiger partial charge in [0, 0.05) is 18.3 Å². The van der Waals surface area contributed by atoms with Gasteiger partial charge in [-0.3, -0.25) is 0 Å². The van der Waals surface area contributed by atoms with Crippen molar-refractivity contribution in [3.05, 3.63) is 48.2 Å². The number of nitrogens with one attached hydrogen (secondary N) is 1. The molecule has 3 rings (SSSR count). The van der Waals surface area contributed by atoms with Crippen molar-refractivity contribution in [3.63, 3.8) is 0 Å². The van der Waals surface area contributed by atoms with Crippen LogP contribution in [0.1, 0.15) is 31.2 Å². The summed E-state index contributed by atoms with van der Waals surface area (Å²) in [5.41, 5.74) is 1.02. The summed E-state index contributed by atoms with van der Waals surface area (Å²) in [5, 5.41) is 0. The van der Waals surface area contributed by atoms with Gasteiger partial charge in [-0.05, 0) is 50.3 Å². The second kappa shape index (κ2) is 8.58. The van der Waals surface area contributed by atoms with Gasteiger partial charge in [0.15, 0.2) is 0 Å². The zero-order valence-corrected chi connectivity index (χ0v) is 16.5. The highest BCUT2D eigenvalue weighted by atomic mass is 32.2. The van der Waals surface area contributed by atoms with E-state index in [2.05, 4.69) is 14.4 Å². The molecule has 1 aliphatic carbocycles. The van der Waals surface area contributed by atoms with Crippen LogP contribution < -0.4 is 14.2 Å². The molecule has 10 heteroatoms. The van der Waals surface area contributed by atoms with Gasteiger partial charge in [-0.15, -0.1) is 13.2 Å². The van der Waals surface area contributed by atoms with Crippen molar-refractivity contribution in [1.82, 2.24) is 9.71 Å². The van der Waals surface area contributed by atoms with E-state index in [0.717, 1.165) is 17.7 Å². The Kier molecular flexibility index (Phi) is 6.33. The van der Waals surface area contributed by atoms with Crippen LogP contribution in [0.2, 0.25) is 0 Å². The van der Waals surface area contributed by atoms with E-state index < -0.39 is 33.1 Å². The summed E-state index contributed by atoms with van der Waals surface area (Å²) in [6, 6.07) is 7.95. The SMILES string of the molecule is Cc1ccc(OC2CCC(NS(=O)(=O)c3ccccc3OC(F)(F)F)CC2)nc1. The molecule has 1 fully saturated rings. The molecule has 0 atom stereocenters. The Morgan fingerprint density at radius 3 is 2.38 bits per heavy atom. The molecule has 1 aromatic heterocycles. The molecule has 1 aliphatic rings. The topological polar surface area (TPSA) is 77.5 Å². The van der Waals surface area contributed by atoms with Crippen molar-refractivity contribution in [1.29, 1.82) is 0 Å². The Morgan fingerprint density at radius 2 is 1.76 bits per heavy atom. The van der Waals surface area contributed by atoms with Gasteiger partial charge in [-0.2, -0.15) is 0 Å². The number of nitrogens with zero attached hydrogens (tertiary/aromatic N) is 1. The molecular weight excluding hydrogens is 409 g/mol. The minimum Gasteiger partial charge on any atom is -0.474 e. The van der Waals surface area contributed by atoms with Crippen molar-refractivity contribution in [3.8, 4) is 11.6 Å². The van der Waals surface area contributed by atoms with E-state index in [-0.39, 0.29) is 6.10 Å². The first kappa shape index (κ1) is 21.4. The van der Waals surface area contributed by atoms with Crippen molar-refractivity contribution in [2.75, 3.05) is 0 Å². The molecule has 2 aromatic rings. The molecule has 1 saturated carbocycles. The Bertz CT molecular complexity index is 925. The van der Waals surface area contributed by atoms with Crippen LogP contribution in [0.3, 0.4) is 0 Å². The fourth-order valence-electron chi connectivity index (χ4n) is 3.16. The van der Waals surface area contributed by atoms with Gasteiger partial charge in [0.05, 0.1) is 0 Å². The number of rotatable bonds is 6. The molecule has 0 aliphatic heterocycles. The number of sulfonamides is 1. The molecule has 0 bridgehead atoms. The molecule has 0 amide bonds. The molecule has 0 saturated heterocycles. The second-order valence-corrected chi connectivity index (χ2v) is 8.56. The number of benzene rings is 1. The summed E-state index contributed by atoms with van der Waals surface area (Å²) in [6.45, 7) is 1.92. The second-order valence-electron chi connectivity index (χ2n) is 6.88.